The zero-order valence-electron chi connectivity index (χ0n) is 10.0. The van der Waals surface area contributed by atoms with Gasteiger partial charge in [0.2, 0.25) is 0 Å². The van der Waals surface area contributed by atoms with E-state index in [1.807, 2.05) is 0 Å². The van der Waals surface area contributed by atoms with Crippen molar-refractivity contribution in [3.63, 3.8) is 0 Å². The topological polar surface area (TPSA) is 29.3 Å². The Morgan fingerprint density at radius 3 is 2.24 bits per heavy atom. The first-order valence-corrected chi connectivity index (χ1v) is 6.90. The van der Waals surface area contributed by atoms with Gasteiger partial charge in [0.1, 0.15) is 0 Å². The smallest absolute Gasteiger partial charge is 0.0748 e. The molecule has 1 aliphatic carbocycles. The number of halogens is 2. The van der Waals surface area contributed by atoms with E-state index >= 15 is 0 Å². The maximum absolute atomic E-state index is 6.28. The standard InChI is InChI=1S/C13H18Cl2N2/c1-2-17(10-5-3-4-6-10)13-11(14)7-9(16)8-12(13)15/h7-8,10H,2-6,16H2,1H3. The minimum Gasteiger partial charge on any atom is -0.399 e. The third-order valence-corrected chi connectivity index (χ3v) is 4.01. The molecule has 2 nitrogen and oxygen atoms in total. The molecule has 4 heteroatoms. The summed E-state index contributed by atoms with van der Waals surface area (Å²) in [6.45, 7) is 3.06. The normalized spacial score (nSPS) is 16.4. The highest BCUT2D eigenvalue weighted by Gasteiger charge is 2.24. The van der Waals surface area contributed by atoms with Gasteiger partial charge in [-0.05, 0) is 31.9 Å². The summed E-state index contributed by atoms with van der Waals surface area (Å²) >= 11 is 12.6. The van der Waals surface area contributed by atoms with Crippen LogP contribution in [0.2, 0.25) is 10.0 Å². The summed E-state index contributed by atoms with van der Waals surface area (Å²) in [4.78, 5) is 2.32. The molecule has 0 spiro atoms. The van der Waals surface area contributed by atoms with Gasteiger partial charge in [0.15, 0.2) is 0 Å². The molecule has 1 aromatic rings. The van der Waals surface area contributed by atoms with E-state index in [9.17, 15) is 0 Å². The van der Waals surface area contributed by atoms with Crippen molar-refractivity contribution >= 4 is 34.6 Å². The largest absolute Gasteiger partial charge is 0.399 e. The van der Waals surface area contributed by atoms with Crippen molar-refractivity contribution in [2.75, 3.05) is 17.2 Å². The van der Waals surface area contributed by atoms with Gasteiger partial charge in [-0.25, -0.2) is 0 Å². The number of benzene rings is 1. The van der Waals surface area contributed by atoms with E-state index < -0.39 is 0 Å². The SMILES string of the molecule is CCN(c1c(Cl)cc(N)cc1Cl)C1CCCC1. The predicted octanol–water partition coefficient (Wildman–Crippen LogP) is 4.34. The molecule has 17 heavy (non-hydrogen) atoms. The molecule has 2 rings (SSSR count). The number of nitrogens with zero attached hydrogens (tertiary/aromatic N) is 1. The van der Waals surface area contributed by atoms with E-state index in [-0.39, 0.29) is 0 Å². The molecule has 1 saturated carbocycles. The Labute approximate surface area is 113 Å². The molecule has 2 N–H and O–H groups in total. The average molecular weight is 273 g/mol. The number of nitrogens with two attached hydrogens (primary N) is 1. The van der Waals surface area contributed by atoms with Gasteiger partial charge in [0, 0.05) is 18.3 Å². The van der Waals surface area contributed by atoms with Gasteiger partial charge in [0.25, 0.3) is 0 Å². The molecule has 0 saturated heterocycles. The average Bonchev–Trinajstić information content (AvgIpc) is 2.76. The molecular formula is C13H18Cl2N2. The third kappa shape index (κ3) is 2.63. The highest BCUT2D eigenvalue weighted by Crippen LogP contribution is 2.39. The van der Waals surface area contributed by atoms with E-state index in [2.05, 4.69) is 11.8 Å². The lowest BCUT2D eigenvalue weighted by molar-refractivity contribution is 0.620. The van der Waals surface area contributed by atoms with Gasteiger partial charge in [-0.15, -0.1) is 0 Å². The minimum absolute atomic E-state index is 0.568. The van der Waals surface area contributed by atoms with E-state index in [0.29, 0.717) is 21.8 Å². The Morgan fingerprint density at radius 1 is 1.24 bits per heavy atom. The van der Waals surface area contributed by atoms with Crippen molar-refractivity contribution in [2.45, 2.75) is 38.6 Å². The van der Waals surface area contributed by atoms with Crippen molar-refractivity contribution in [1.82, 2.24) is 0 Å². The van der Waals surface area contributed by atoms with Gasteiger partial charge in [-0.1, -0.05) is 36.0 Å². The van der Waals surface area contributed by atoms with Gasteiger partial charge < -0.3 is 10.6 Å². The van der Waals surface area contributed by atoms with Crippen LogP contribution < -0.4 is 10.6 Å². The second kappa shape index (κ2) is 5.36. The fourth-order valence-corrected chi connectivity index (χ4v) is 3.40. The summed E-state index contributed by atoms with van der Waals surface area (Å²) in [6.07, 6.45) is 5.05. The van der Waals surface area contributed by atoms with Gasteiger partial charge >= 0.3 is 0 Å². The number of rotatable bonds is 3. The molecule has 0 atom stereocenters. The minimum atomic E-state index is 0.568. The monoisotopic (exact) mass is 272 g/mol. The quantitative estimate of drug-likeness (QED) is 0.830. The molecule has 0 bridgehead atoms. The van der Waals surface area contributed by atoms with Crippen LogP contribution in [-0.4, -0.2) is 12.6 Å². The first-order chi connectivity index (χ1) is 8.13. The van der Waals surface area contributed by atoms with Crippen LogP contribution in [0.3, 0.4) is 0 Å². The Morgan fingerprint density at radius 2 is 1.76 bits per heavy atom. The Balaban J connectivity index is 2.36. The summed E-state index contributed by atoms with van der Waals surface area (Å²) in [6, 6.07) is 4.12. The van der Waals surface area contributed by atoms with Crippen LogP contribution in [0.4, 0.5) is 11.4 Å². The molecule has 0 aromatic heterocycles. The molecule has 0 amide bonds. The lowest BCUT2D eigenvalue weighted by Crippen LogP contribution is -2.33. The van der Waals surface area contributed by atoms with Crippen LogP contribution in [0.25, 0.3) is 0 Å². The van der Waals surface area contributed by atoms with Crippen LogP contribution in [0.5, 0.6) is 0 Å². The lowest BCUT2D eigenvalue weighted by atomic mass is 10.1. The van der Waals surface area contributed by atoms with Crippen LogP contribution in [-0.2, 0) is 0 Å². The summed E-state index contributed by atoms with van der Waals surface area (Å²) in [7, 11) is 0. The number of hydrogen-bond acceptors (Lipinski definition) is 2. The summed E-state index contributed by atoms with van der Waals surface area (Å²) in [5.41, 5.74) is 7.29. The molecule has 0 aliphatic heterocycles. The van der Waals surface area contributed by atoms with Crippen molar-refractivity contribution in [3.8, 4) is 0 Å². The van der Waals surface area contributed by atoms with E-state index in [0.717, 1.165) is 12.2 Å². The molecule has 0 radical (unpaired) electrons. The van der Waals surface area contributed by atoms with Crippen molar-refractivity contribution in [1.29, 1.82) is 0 Å². The van der Waals surface area contributed by atoms with Gasteiger partial charge in [-0.2, -0.15) is 0 Å². The van der Waals surface area contributed by atoms with Crippen LogP contribution >= 0.6 is 23.2 Å². The molecule has 94 valence electrons. The lowest BCUT2D eigenvalue weighted by Gasteiger charge is -2.31. The first kappa shape index (κ1) is 12.8. The fourth-order valence-electron chi connectivity index (χ4n) is 2.67. The summed E-state index contributed by atoms with van der Waals surface area (Å²) < 4.78 is 0. The van der Waals surface area contributed by atoms with E-state index in [1.54, 1.807) is 12.1 Å². The van der Waals surface area contributed by atoms with E-state index in [1.165, 1.54) is 25.7 Å². The van der Waals surface area contributed by atoms with Crippen LogP contribution in [0.1, 0.15) is 32.6 Å². The predicted molar refractivity (Wildman–Crippen MR) is 76.2 cm³/mol. The molecule has 0 heterocycles. The second-order valence-electron chi connectivity index (χ2n) is 4.56. The second-order valence-corrected chi connectivity index (χ2v) is 5.37. The third-order valence-electron chi connectivity index (χ3n) is 3.43. The highest BCUT2D eigenvalue weighted by atomic mass is 35.5. The molecule has 1 aromatic carbocycles. The van der Waals surface area contributed by atoms with Crippen molar-refractivity contribution < 1.29 is 0 Å². The van der Waals surface area contributed by atoms with E-state index in [4.69, 9.17) is 28.9 Å². The molecule has 1 aliphatic rings. The molecule has 0 unspecified atom stereocenters. The zero-order valence-corrected chi connectivity index (χ0v) is 11.6. The van der Waals surface area contributed by atoms with Crippen molar-refractivity contribution in [3.05, 3.63) is 22.2 Å². The Hall–Kier alpha value is -0.600. The van der Waals surface area contributed by atoms with Crippen LogP contribution in [0, 0.1) is 0 Å². The van der Waals surface area contributed by atoms with Gasteiger partial charge in [0.05, 0.1) is 15.7 Å². The molecule has 1 fully saturated rings. The fraction of sp³-hybridized carbons (Fsp3) is 0.538. The maximum Gasteiger partial charge on any atom is 0.0748 e. The maximum atomic E-state index is 6.28. The Bertz CT molecular complexity index is 377. The highest BCUT2D eigenvalue weighted by molar-refractivity contribution is 6.39. The molecular weight excluding hydrogens is 255 g/mol. The zero-order chi connectivity index (χ0) is 12.4. The Kier molecular flexibility index (Phi) is 4.05. The van der Waals surface area contributed by atoms with Crippen LogP contribution in [0.15, 0.2) is 12.1 Å². The van der Waals surface area contributed by atoms with Gasteiger partial charge in [-0.3, -0.25) is 0 Å². The summed E-state index contributed by atoms with van der Waals surface area (Å²) in [5.74, 6) is 0. The first-order valence-electron chi connectivity index (χ1n) is 6.14. The number of nitrogen functional groups attached to an aromatic ring is 1. The van der Waals surface area contributed by atoms with Crippen molar-refractivity contribution in [2.24, 2.45) is 0 Å². The summed E-state index contributed by atoms with van der Waals surface area (Å²) in [5, 5.41) is 1.31. The number of anilines is 2. The number of hydrogen-bond donors (Lipinski definition) is 1.